The second kappa shape index (κ2) is 5.70. The summed E-state index contributed by atoms with van der Waals surface area (Å²) in [7, 11) is 0. The average molecular weight is 310 g/mol. The molecule has 2 saturated heterocycles. The summed E-state index contributed by atoms with van der Waals surface area (Å²) in [4.78, 5) is 49.0. The van der Waals surface area contributed by atoms with Crippen molar-refractivity contribution in [3.63, 3.8) is 0 Å². The van der Waals surface area contributed by atoms with E-state index in [2.05, 4.69) is 5.32 Å². The molecule has 122 valence electrons. The molecule has 0 aromatic carbocycles. The number of carbonyl (C=O) groups excluding carboxylic acids is 4. The third kappa shape index (κ3) is 3.64. The molecule has 0 saturated carbocycles. The van der Waals surface area contributed by atoms with Crippen molar-refractivity contribution in [2.24, 2.45) is 5.41 Å². The summed E-state index contributed by atoms with van der Waals surface area (Å²) < 4.78 is 5.20. The molecule has 0 aliphatic carbocycles. The van der Waals surface area contributed by atoms with Crippen LogP contribution in [0.4, 0.5) is 0 Å². The van der Waals surface area contributed by atoms with E-state index in [1.165, 1.54) is 4.90 Å². The Labute approximate surface area is 129 Å². The molecule has 1 spiro atoms. The SMILES string of the molecule is CC(C)(C)OC(=O)CN1CC2(CCCC(=O)NC2=O)CC1=O. The van der Waals surface area contributed by atoms with Crippen molar-refractivity contribution in [1.82, 2.24) is 10.2 Å². The van der Waals surface area contributed by atoms with Gasteiger partial charge in [0.15, 0.2) is 0 Å². The van der Waals surface area contributed by atoms with Crippen molar-refractivity contribution in [3.8, 4) is 0 Å². The molecule has 7 nitrogen and oxygen atoms in total. The van der Waals surface area contributed by atoms with Gasteiger partial charge in [0.25, 0.3) is 0 Å². The molecular formula is C15H22N2O5. The summed E-state index contributed by atoms with van der Waals surface area (Å²) in [5.41, 5.74) is -1.52. The zero-order valence-corrected chi connectivity index (χ0v) is 13.2. The Morgan fingerprint density at radius 3 is 2.64 bits per heavy atom. The molecular weight excluding hydrogens is 288 g/mol. The Hall–Kier alpha value is -1.92. The van der Waals surface area contributed by atoms with Crippen LogP contribution in [0.3, 0.4) is 0 Å². The summed E-state index contributed by atoms with van der Waals surface area (Å²) in [5.74, 6) is -1.46. The van der Waals surface area contributed by atoms with E-state index >= 15 is 0 Å². The van der Waals surface area contributed by atoms with E-state index in [0.717, 1.165) is 0 Å². The molecule has 2 rings (SSSR count). The first-order valence-electron chi connectivity index (χ1n) is 7.45. The minimum Gasteiger partial charge on any atom is -0.459 e. The zero-order chi connectivity index (χ0) is 16.5. The van der Waals surface area contributed by atoms with E-state index in [9.17, 15) is 19.2 Å². The molecule has 0 bridgehead atoms. The minimum absolute atomic E-state index is 0.0366. The molecule has 0 aromatic rings. The Morgan fingerprint density at radius 1 is 1.32 bits per heavy atom. The van der Waals surface area contributed by atoms with Crippen LogP contribution < -0.4 is 5.32 Å². The first-order chi connectivity index (χ1) is 10.1. The van der Waals surface area contributed by atoms with Crippen LogP contribution >= 0.6 is 0 Å². The average Bonchev–Trinajstić information content (AvgIpc) is 2.57. The van der Waals surface area contributed by atoms with Gasteiger partial charge in [0.2, 0.25) is 17.7 Å². The number of hydrogen-bond donors (Lipinski definition) is 1. The number of amides is 3. The molecule has 0 radical (unpaired) electrons. The Morgan fingerprint density at radius 2 is 2.00 bits per heavy atom. The van der Waals surface area contributed by atoms with Crippen molar-refractivity contribution < 1.29 is 23.9 Å². The fourth-order valence-corrected chi connectivity index (χ4v) is 2.93. The first-order valence-corrected chi connectivity index (χ1v) is 7.45. The van der Waals surface area contributed by atoms with Gasteiger partial charge in [-0.2, -0.15) is 0 Å². The molecule has 1 atom stereocenters. The van der Waals surface area contributed by atoms with Gasteiger partial charge in [-0.15, -0.1) is 0 Å². The third-order valence-corrected chi connectivity index (χ3v) is 3.87. The van der Waals surface area contributed by atoms with Gasteiger partial charge in [-0.05, 0) is 33.6 Å². The molecule has 1 N–H and O–H groups in total. The lowest BCUT2D eigenvalue weighted by molar-refractivity contribution is -0.158. The Balaban J connectivity index is 2.05. The number of imide groups is 1. The number of nitrogens with zero attached hydrogens (tertiary/aromatic N) is 1. The van der Waals surface area contributed by atoms with Crippen LogP contribution in [0, 0.1) is 5.41 Å². The fraction of sp³-hybridized carbons (Fsp3) is 0.733. The largest absolute Gasteiger partial charge is 0.459 e. The highest BCUT2D eigenvalue weighted by Crippen LogP contribution is 2.38. The number of esters is 1. The predicted molar refractivity (Wildman–Crippen MR) is 76.5 cm³/mol. The number of ether oxygens (including phenoxy) is 1. The maximum Gasteiger partial charge on any atom is 0.326 e. The second-order valence-corrected chi connectivity index (χ2v) is 7.02. The molecule has 0 aromatic heterocycles. The molecule has 3 amide bonds. The molecule has 22 heavy (non-hydrogen) atoms. The van der Waals surface area contributed by atoms with Gasteiger partial charge in [0, 0.05) is 19.4 Å². The number of nitrogens with one attached hydrogen (secondary N) is 1. The number of likely N-dealkylation sites (tertiary alicyclic amines) is 1. The summed E-state index contributed by atoms with van der Waals surface area (Å²) in [6, 6.07) is 0. The maximum atomic E-state index is 12.2. The lowest BCUT2D eigenvalue weighted by Gasteiger charge is -2.25. The smallest absolute Gasteiger partial charge is 0.326 e. The lowest BCUT2D eigenvalue weighted by atomic mass is 9.82. The standard InChI is InChI=1S/C15H22N2O5/c1-14(2,3)22-12(20)8-17-9-15(7-11(17)19)6-4-5-10(18)16-13(15)21/h4-9H2,1-3H3,(H,16,18,21). The van der Waals surface area contributed by atoms with Crippen LogP contribution in [0.1, 0.15) is 46.5 Å². The second-order valence-electron chi connectivity index (χ2n) is 7.02. The van der Waals surface area contributed by atoms with E-state index < -0.39 is 22.9 Å². The summed E-state index contributed by atoms with van der Waals surface area (Å²) in [6.07, 6.45) is 1.36. The van der Waals surface area contributed by atoms with Gasteiger partial charge in [-0.25, -0.2) is 0 Å². The van der Waals surface area contributed by atoms with Crippen LogP contribution in [0.5, 0.6) is 0 Å². The van der Waals surface area contributed by atoms with Gasteiger partial charge in [-0.1, -0.05) is 0 Å². The van der Waals surface area contributed by atoms with Gasteiger partial charge in [-0.3, -0.25) is 24.5 Å². The van der Waals surface area contributed by atoms with Gasteiger partial charge in [0.1, 0.15) is 12.1 Å². The molecule has 7 heteroatoms. The zero-order valence-electron chi connectivity index (χ0n) is 13.2. The first kappa shape index (κ1) is 16.5. The molecule has 1 unspecified atom stereocenters. The normalized spacial score (nSPS) is 26.1. The van der Waals surface area contributed by atoms with Crippen LogP contribution in [-0.2, 0) is 23.9 Å². The maximum absolute atomic E-state index is 12.2. The summed E-state index contributed by atoms with van der Waals surface area (Å²) in [6.45, 7) is 5.25. The van der Waals surface area contributed by atoms with Crippen LogP contribution in [0.15, 0.2) is 0 Å². The van der Waals surface area contributed by atoms with E-state index in [1.54, 1.807) is 20.8 Å². The fourth-order valence-electron chi connectivity index (χ4n) is 2.93. The van der Waals surface area contributed by atoms with Crippen LogP contribution in [-0.4, -0.2) is 47.3 Å². The number of carbonyl (C=O) groups is 4. The summed E-state index contributed by atoms with van der Waals surface area (Å²) in [5, 5.41) is 2.33. The van der Waals surface area contributed by atoms with Crippen molar-refractivity contribution in [1.29, 1.82) is 0 Å². The monoisotopic (exact) mass is 310 g/mol. The highest BCUT2D eigenvalue weighted by molar-refractivity contribution is 6.02. The van der Waals surface area contributed by atoms with E-state index in [4.69, 9.17) is 4.74 Å². The predicted octanol–water partition coefficient (Wildman–Crippen LogP) is 0.374. The van der Waals surface area contributed by atoms with Crippen molar-refractivity contribution >= 4 is 23.7 Å². The van der Waals surface area contributed by atoms with E-state index in [0.29, 0.717) is 12.8 Å². The molecule has 2 aliphatic heterocycles. The summed E-state index contributed by atoms with van der Waals surface area (Å²) >= 11 is 0. The van der Waals surface area contributed by atoms with Gasteiger partial charge >= 0.3 is 5.97 Å². The van der Waals surface area contributed by atoms with Crippen LogP contribution in [0.2, 0.25) is 0 Å². The minimum atomic E-state index is -0.898. The highest BCUT2D eigenvalue weighted by Gasteiger charge is 2.50. The molecule has 2 fully saturated rings. The van der Waals surface area contributed by atoms with Crippen molar-refractivity contribution in [2.45, 2.75) is 52.1 Å². The van der Waals surface area contributed by atoms with Gasteiger partial charge < -0.3 is 9.64 Å². The lowest BCUT2D eigenvalue weighted by Crippen LogP contribution is -2.44. The molecule has 2 aliphatic rings. The Kier molecular flexibility index (Phi) is 4.26. The third-order valence-electron chi connectivity index (χ3n) is 3.87. The van der Waals surface area contributed by atoms with Crippen molar-refractivity contribution in [3.05, 3.63) is 0 Å². The topological polar surface area (TPSA) is 92.8 Å². The highest BCUT2D eigenvalue weighted by atomic mass is 16.6. The quantitative estimate of drug-likeness (QED) is 0.588. The van der Waals surface area contributed by atoms with Gasteiger partial charge in [0.05, 0.1) is 5.41 Å². The van der Waals surface area contributed by atoms with Crippen molar-refractivity contribution in [2.75, 3.05) is 13.1 Å². The molecule has 2 heterocycles. The van der Waals surface area contributed by atoms with E-state index in [1.807, 2.05) is 0 Å². The van der Waals surface area contributed by atoms with E-state index in [-0.39, 0.29) is 37.7 Å². The Bertz CT molecular complexity index is 523. The number of rotatable bonds is 2. The number of hydrogen-bond acceptors (Lipinski definition) is 5. The van der Waals surface area contributed by atoms with Crippen LogP contribution in [0.25, 0.3) is 0 Å².